The lowest BCUT2D eigenvalue weighted by Gasteiger charge is -2.18. The lowest BCUT2D eigenvalue weighted by atomic mass is 10.1. The zero-order valence-electron chi connectivity index (χ0n) is 19.1. The van der Waals surface area contributed by atoms with Gasteiger partial charge in [-0.1, -0.05) is 52.3 Å². The molecule has 0 bridgehead atoms. The molecule has 0 spiro atoms. The molecular formula is C26H25BrN4O4. The van der Waals surface area contributed by atoms with Gasteiger partial charge in [0.15, 0.2) is 6.61 Å². The van der Waals surface area contributed by atoms with Crippen LogP contribution >= 0.6 is 15.9 Å². The number of hydrogen-bond acceptors (Lipinski definition) is 5. The number of aryl methyl sites for hydroxylation is 1. The fourth-order valence-corrected chi connectivity index (χ4v) is 4.10. The largest absolute Gasteiger partial charge is 0.482 e. The number of para-hydroxylation sites is 2. The van der Waals surface area contributed by atoms with Crippen molar-refractivity contribution in [1.82, 2.24) is 5.43 Å². The zero-order chi connectivity index (χ0) is 24.8. The maximum Gasteiger partial charge on any atom is 0.262 e. The molecule has 0 unspecified atom stereocenters. The summed E-state index contributed by atoms with van der Waals surface area (Å²) < 4.78 is 6.47. The van der Waals surface area contributed by atoms with E-state index >= 15 is 0 Å². The molecule has 0 radical (unpaired) electrons. The third kappa shape index (κ3) is 6.19. The van der Waals surface area contributed by atoms with E-state index in [9.17, 15) is 14.4 Å². The average molecular weight is 537 g/mol. The summed E-state index contributed by atoms with van der Waals surface area (Å²) in [6, 6.07) is 21.9. The molecule has 180 valence electrons. The van der Waals surface area contributed by atoms with Gasteiger partial charge in [0.05, 0.1) is 11.6 Å². The van der Waals surface area contributed by atoms with E-state index in [1.807, 2.05) is 61.5 Å². The molecule has 0 aromatic heterocycles. The van der Waals surface area contributed by atoms with E-state index in [0.29, 0.717) is 18.0 Å². The Morgan fingerprint density at radius 3 is 2.54 bits per heavy atom. The highest BCUT2D eigenvalue weighted by molar-refractivity contribution is 9.10. The van der Waals surface area contributed by atoms with Crippen molar-refractivity contribution in [3.63, 3.8) is 0 Å². The Morgan fingerprint density at radius 1 is 1.03 bits per heavy atom. The average Bonchev–Trinajstić information content (AvgIpc) is 3.25. The number of ether oxygens (including phenoxy) is 1. The first kappa shape index (κ1) is 24.3. The van der Waals surface area contributed by atoms with Gasteiger partial charge in [0, 0.05) is 28.8 Å². The SMILES string of the molecule is Cc1ccccc1NC(=O)COc1ccc(Br)cc1NNC(=O)[C@H]1CC(=O)N(c2ccccc2)C1. The third-order valence-electron chi connectivity index (χ3n) is 5.60. The number of hydrogen-bond donors (Lipinski definition) is 3. The first-order chi connectivity index (χ1) is 16.9. The Bertz CT molecular complexity index is 1240. The number of halogens is 1. The van der Waals surface area contributed by atoms with Crippen LogP contribution in [0.15, 0.2) is 77.3 Å². The van der Waals surface area contributed by atoms with Crippen molar-refractivity contribution in [3.05, 3.63) is 82.8 Å². The summed E-state index contributed by atoms with van der Waals surface area (Å²) in [5.74, 6) is -0.807. The molecule has 3 N–H and O–H groups in total. The number of nitrogens with zero attached hydrogens (tertiary/aromatic N) is 1. The molecule has 1 heterocycles. The van der Waals surface area contributed by atoms with Crippen LogP contribution in [0.25, 0.3) is 0 Å². The molecule has 1 aliphatic heterocycles. The first-order valence-corrected chi connectivity index (χ1v) is 11.9. The lowest BCUT2D eigenvalue weighted by Crippen LogP contribution is -2.36. The van der Waals surface area contributed by atoms with Gasteiger partial charge < -0.3 is 15.0 Å². The molecule has 3 aromatic carbocycles. The minimum absolute atomic E-state index is 0.0949. The number of hydrazine groups is 1. The van der Waals surface area contributed by atoms with Crippen molar-refractivity contribution in [2.45, 2.75) is 13.3 Å². The highest BCUT2D eigenvalue weighted by atomic mass is 79.9. The Labute approximate surface area is 211 Å². The molecule has 1 fully saturated rings. The number of benzene rings is 3. The highest BCUT2D eigenvalue weighted by Crippen LogP contribution is 2.29. The Hall–Kier alpha value is -3.85. The Kier molecular flexibility index (Phi) is 7.67. The summed E-state index contributed by atoms with van der Waals surface area (Å²) in [6.07, 6.45) is 0.128. The number of carbonyl (C=O) groups excluding carboxylic acids is 3. The van der Waals surface area contributed by atoms with Gasteiger partial charge >= 0.3 is 0 Å². The monoisotopic (exact) mass is 536 g/mol. The molecule has 3 amide bonds. The molecule has 4 rings (SSSR count). The van der Waals surface area contributed by atoms with Crippen LogP contribution in [0.4, 0.5) is 17.1 Å². The predicted molar refractivity (Wildman–Crippen MR) is 138 cm³/mol. The fourth-order valence-electron chi connectivity index (χ4n) is 3.74. The van der Waals surface area contributed by atoms with E-state index < -0.39 is 5.92 Å². The van der Waals surface area contributed by atoms with Crippen molar-refractivity contribution in [1.29, 1.82) is 0 Å². The molecule has 1 saturated heterocycles. The summed E-state index contributed by atoms with van der Waals surface area (Å²) in [5, 5.41) is 2.82. The van der Waals surface area contributed by atoms with E-state index in [0.717, 1.165) is 21.4 Å². The van der Waals surface area contributed by atoms with Gasteiger partial charge in [-0.05, 0) is 48.9 Å². The van der Waals surface area contributed by atoms with Crippen LogP contribution in [0, 0.1) is 12.8 Å². The van der Waals surface area contributed by atoms with Crippen molar-refractivity contribution in [2.75, 3.05) is 28.8 Å². The summed E-state index contributed by atoms with van der Waals surface area (Å²) in [4.78, 5) is 39.2. The van der Waals surface area contributed by atoms with Crippen LogP contribution in [0.5, 0.6) is 5.75 Å². The molecule has 8 nitrogen and oxygen atoms in total. The quantitative estimate of drug-likeness (QED) is 0.373. The molecular weight excluding hydrogens is 512 g/mol. The first-order valence-electron chi connectivity index (χ1n) is 11.1. The molecule has 3 aromatic rings. The van der Waals surface area contributed by atoms with Gasteiger partial charge in [-0.2, -0.15) is 0 Å². The highest BCUT2D eigenvalue weighted by Gasteiger charge is 2.35. The summed E-state index contributed by atoms with van der Waals surface area (Å²) in [6.45, 7) is 2.01. The Morgan fingerprint density at radius 2 is 1.77 bits per heavy atom. The lowest BCUT2D eigenvalue weighted by molar-refractivity contribution is -0.125. The second kappa shape index (κ2) is 11.1. The van der Waals surface area contributed by atoms with Gasteiger partial charge in [0.2, 0.25) is 11.8 Å². The van der Waals surface area contributed by atoms with Crippen molar-refractivity contribution in [2.24, 2.45) is 5.92 Å². The second-order valence-corrected chi connectivity index (χ2v) is 9.06. The van der Waals surface area contributed by atoms with Crippen LogP contribution in [-0.2, 0) is 14.4 Å². The smallest absolute Gasteiger partial charge is 0.262 e. The van der Waals surface area contributed by atoms with Crippen LogP contribution in [0.3, 0.4) is 0 Å². The number of carbonyl (C=O) groups is 3. The molecule has 1 atom stereocenters. The normalized spacial score (nSPS) is 15.0. The van der Waals surface area contributed by atoms with Crippen LogP contribution in [0.2, 0.25) is 0 Å². The standard InChI is InChI=1S/C26H25BrN4O4/c1-17-7-5-6-10-21(17)28-24(32)16-35-23-12-11-19(27)14-22(23)29-30-26(34)18-13-25(33)31(15-18)20-8-3-2-4-9-20/h2-12,14,18,29H,13,15-16H2,1H3,(H,28,32)(H,30,34)/t18-/m0/s1. The van der Waals surface area contributed by atoms with Crippen molar-refractivity contribution >= 4 is 50.7 Å². The molecule has 0 aliphatic carbocycles. The van der Waals surface area contributed by atoms with Gasteiger partial charge in [0.1, 0.15) is 5.75 Å². The molecule has 9 heteroatoms. The summed E-state index contributed by atoms with van der Waals surface area (Å²) >= 11 is 3.40. The van der Waals surface area contributed by atoms with E-state index in [-0.39, 0.29) is 30.7 Å². The molecule has 35 heavy (non-hydrogen) atoms. The maximum atomic E-state index is 12.8. The van der Waals surface area contributed by atoms with E-state index in [2.05, 4.69) is 32.1 Å². The van der Waals surface area contributed by atoms with E-state index in [1.165, 1.54) is 0 Å². The van der Waals surface area contributed by atoms with Gasteiger partial charge in [-0.25, -0.2) is 0 Å². The second-order valence-electron chi connectivity index (χ2n) is 8.15. The van der Waals surface area contributed by atoms with E-state index in [4.69, 9.17) is 4.74 Å². The van der Waals surface area contributed by atoms with E-state index in [1.54, 1.807) is 23.1 Å². The number of anilines is 3. The minimum Gasteiger partial charge on any atom is -0.482 e. The number of amides is 3. The van der Waals surface area contributed by atoms with Crippen LogP contribution < -0.4 is 25.8 Å². The predicted octanol–water partition coefficient (Wildman–Crippen LogP) is 4.27. The zero-order valence-corrected chi connectivity index (χ0v) is 20.7. The van der Waals surface area contributed by atoms with Crippen molar-refractivity contribution in [3.8, 4) is 5.75 Å². The number of nitrogens with one attached hydrogen (secondary N) is 3. The van der Waals surface area contributed by atoms with Gasteiger partial charge in [-0.3, -0.25) is 25.2 Å². The Balaban J connectivity index is 1.34. The topological polar surface area (TPSA) is 99.8 Å². The van der Waals surface area contributed by atoms with Gasteiger partial charge in [-0.15, -0.1) is 0 Å². The van der Waals surface area contributed by atoms with Crippen molar-refractivity contribution < 1.29 is 19.1 Å². The van der Waals surface area contributed by atoms with Crippen LogP contribution in [-0.4, -0.2) is 30.9 Å². The molecule has 1 aliphatic rings. The fraction of sp³-hybridized carbons (Fsp3) is 0.192. The summed E-state index contributed by atoms with van der Waals surface area (Å²) in [7, 11) is 0. The third-order valence-corrected chi connectivity index (χ3v) is 6.10. The minimum atomic E-state index is -0.494. The van der Waals surface area contributed by atoms with Gasteiger partial charge in [0.25, 0.3) is 5.91 Å². The maximum absolute atomic E-state index is 12.8. The summed E-state index contributed by atoms with van der Waals surface area (Å²) in [5.41, 5.74) is 8.45. The molecule has 0 saturated carbocycles. The number of rotatable bonds is 8. The van der Waals surface area contributed by atoms with Crippen LogP contribution in [0.1, 0.15) is 12.0 Å².